The van der Waals surface area contributed by atoms with E-state index in [1.54, 1.807) is 12.1 Å². The monoisotopic (exact) mass is 335 g/mol. The highest BCUT2D eigenvalue weighted by molar-refractivity contribution is 7.89. The number of carbonyl (C=O) groups is 1. The molecule has 0 unspecified atom stereocenters. The summed E-state index contributed by atoms with van der Waals surface area (Å²) in [7, 11) is -3.62. The topological polar surface area (TPSA) is 63.2 Å². The molecule has 0 aliphatic heterocycles. The molecule has 0 aromatic heterocycles. The molecule has 0 aliphatic carbocycles. The van der Waals surface area contributed by atoms with E-state index in [0.29, 0.717) is 5.56 Å². The van der Waals surface area contributed by atoms with Gasteiger partial charge in [0.2, 0.25) is 15.3 Å². The van der Waals surface area contributed by atoms with E-state index in [1.165, 1.54) is 24.3 Å². The Morgan fingerprint density at radius 1 is 1.09 bits per heavy atom. The van der Waals surface area contributed by atoms with E-state index in [4.69, 9.17) is 11.6 Å². The lowest BCUT2D eigenvalue weighted by Crippen LogP contribution is -2.23. The molecule has 22 heavy (non-hydrogen) atoms. The van der Waals surface area contributed by atoms with Crippen LogP contribution in [0.5, 0.6) is 0 Å². The zero-order chi connectivity index (χ0) is 16.0. The minimum Gasteiger partial charge on any atom is -0.276 e. The smallest absolute Gasteiger partial charge is 0.245 e. The maximum Gasteiger partial charge on any atom is 0.245 e. The highest BCUT2D eigenvalue weighted by Gasteiger charge is 2.13. The Morgan fingerprint density at radius 2 is 1.82 bits per heavy atom. The number of halogens is 1. The van der Waals surface area contributed by atoms with E-state index in [0.717, 1.165) is 5.56 Å². The highest BCUT2D eigenvalue weighted by atomic mass is 35.5. The maximum absolute atomic E-state index is 12.3. The van der Waals surface area contributed by atoms with E-state index in [2.05, 4.69) is 4.72 Å². The molecule has 0 fully saturated rings. The van der Waals surface area contributed by atoms with Gasteiger partial charge in [-0.05, 0) is 40.9 Å². The van der Waals surface area contributed by atoms with Crippen LogP contribution in [0.4, 0.5) is 0 Å². The van der Waals surface area contributed by atoms with Crippen molar-refractivity contribution in [3.05, 3.63) is 71.8 Å². The molecule has 114 valence electrons. The number of carbonyl (C=O) groups excluding carboxylic acids is 1. The van der Waals surface area contributed by atoms with Crippen LogP contribution >= 0.6 is 11.6 Å². The molecule has 6 heteroatoms. The summed E-state index contributed by atoms with van der Waals surface area (Å²) in [4.78, 5) is 10.8. The molecule has 0 saturated heterocycles. The summed E-state index contributed by atoms with van der Waals surface area (Å²) >= 11 is 5.22. The minimum atomic E-state index is -3.62. The number of benzene rings is 2. The number of rotatable bonds is 6. The number of allylic oxidation sites excluding steroid dienone is 1. The molecule has 1 N–H and O–H groups in total. The van der Waals surface area contributed by atoms with Crippen LogP contribution in [0.25, 0.3) is 6.08 Å². The van der Waals surface area contributed by atoms with E-state index < -0.39 is 15.3 Å². The van der Waals surface area contributed by atoms with E-state index in [1.807, 2.05) is 30.3 Å². The van der Waals surface area contributed by atoms with Crippen LogP contribution in [0.1, 0.15) is 11.1 Å². The van der Waals surface area contributed by atoms with Crippen molar-refractivity contribution in [3.8, 4) is 0 Å². The van der Waals surface area contributed by atoms with E-state index in [-0.39, 0.29) is 11.4 Å². The van der Waals surface area contributed by atoms with Gasteiger partial charge in [-0.3, -0.25) is 4.79 Å². The highest BCUT2D eigenvalue weighted by Crippen LogP contribution is 2.13. The molecule has 0 radical (unpaired) electrons. The second-order valence-corrected chi connectivity index (χ2v) is 6.66. The predicted octanol–water partition coefficient (Wildman–Crippen LogP) is 2.94. The number of hydrogen-bond donors (Lipinski definition) is 1. The van der Waals surface area contributed by atoms with Crippen molar-refractivity contribution in [2.75, 3.05) is 0 Å². The Balaban J connectivity index is 2.15. The zero-order valence-electron chi connectivity index (χ0n) is 11.6. The zero-order valence-corrected chi connectivity index (χ0v) is 13.1. The number of nitrogens with one attached hydrogen (secondary N) is 1. The third kappa shape index (κ3) is 4.80. The SMILES string of the molecule is O=C(Cl)/C=C/c1cccc(S(=O)(=O)NCc2ccccc2)c1. The molecule has 0 spiro atoms. The number of sulfonamides is 1. The Bertz CT molecular complexity index is 786. The lowest BCUT2D eigenvalue weighted by atomic mass is 10.2. The molecule has 0 saturated carbocycles. The summed E-state index contributed by atoms with van der Waals surface area (Å²) < 4.78 is 27.1. The van der Waals surface area contributed by atoms with Crippen molar-refractivity contribution in [2.24, 2.45) is 0 Å². The molecule has 2 aromatic rings. The Labute approximate surface area is 134 Å². The van der Waals surface area contributed by atoms with E-state index >= 15 is 0 Å². The summed E-state index contributed by atoms with van der Waals surface area (Å²) in [5.41, 5.74) is 1.45. The summed E-state index contributed by atoms with van der Waals surface area (Å²) in [5.74, 6) is 0. The van der Waals surface area contributed by atoms with Gasteiger partial charge in [0.15, 0.2) is 0 Å². The first kappa shape index (κ1) is 16.4. The third-order valence-corrected chi connectivity index (χ3v) is 4.41. The standard InChI is InChI=1S/C16H14ClNO3S/c17-16(19)10-9-13-7-4-8-15(11-13)22(20,21)18-12-14-5-2-1-3-6-14/h1-11,18H,12H2/b10-9+. The van der Waals surface area contributed by atoms with Crippen LogP contribution < -0.4 is 4.72 Å². The number of hydrogen-bond acceptors (Lipinski definition) is 3. The van der Waals surface area contributed by atoms with Gasteiger partial charge in [-0.1, -0.05) is 48.5 Å². The predicted molar refractivity (Wildman–Crippen MR) is 86.8 cm³/mol. The van der Waals surface area contributed by atoms with Crippen molar-refractivity contribution >= 4 is 32.9 Å². The molecule has 2 aromatic carbocycles. The van der Waals surface area contributed by atoms with Crippen molar-refractivity contribution in [3.63, 3.8) is 0 Å². The molecular weight excluding hydrogens is 322 g/mol. The molecule has 0 amide bonds. The molecule has 0 heterocycles. The van der Waals surface area contributed by atoms with Crippen LogP contribution in [-0.2, 0) is 21.4 Å². The summed E-state index contributed by atoms with van der Waals surface area (Å²) in [6.45, 7) is 0.212. The second kappa shape index (κ2) is 7.35. The summed E-state index contributed by atoms with van der Waals surface area (Å²) in [6.07, 6.45) is 2.64. The lowest BCUT2D eigenvalue weighted by Gasteiger charge is -2.07. The van der Waals surface area contributed by atoms with Crippen LogP contribution in [0.15, 0.2) is 65.6 Å². The fraction of sp³-hybridized carbons (Fsp3) is 0.0625. The van der Waals surface area contributed by atoms with Crippen LogP contribution in [0, 0.1) is 0 Å². The van der Waals surface area contributed by atoms with Gasteiger partial charge >= 0.3 is 0 Å². The van der Waals surface area contributed by atoms with Gasteiger partial charge in [0.05, 0.1) is 4.90 Å². The third-order valence-electron chi connectivity index (χ3n) is 2.88. The molecule has 2 rings (SSSR count). The van der Waals surface area contributed by atoms with Gasteiger partial charge in [-0.15, -0.1) is 0 Å². The minimum absolute atomic E-state index is 0.132. The van der Waals surface area contributed by atoms with Crippen molar-refractivity contribution in [1.29, 1.82) is 0 Å². The quantitative estimate of drug-likeness (QED) is 0.652. The average molecular weight is 336 g/mol. The molecule has 0 atom stereocenters. The fourth-order valence-electron chi connectivity index (χ4n) is 1.80. The first-order chi connectivity index (χ1) is 10.5. The first-order valence-corrected chi connectivity index (χ1v) is 8.35. The Kier molecular flexibility index (Phi) is 5.49. The molecule has 4 nitrogen and oxygen atoms in total. The van der Waals surface area contributed by atoms with Crippen molar-refractivity contribution in [1.82, 2.24) is 4.72 Å². The Morgan fingerprint density at radius 3 is 2.50 bits per heavy atom. The van der Waals surface area contributed by atoms with Crippen LogP contribution in [0.2, 0.25) is 0 Å². The maximum atomic E-state index is 12.3. The fourth-order valence-corrected chi connectivity index (χ4v) is 2.94. The lowest BCUT2D eigenvalue weighted by molar-refractivity contribution is -0.107. The van der Waals surface area contributed by atoms with Gasteiger partial charge in [0.1, 0.15) is 0 Å². The van der Waals surface area contributed by atoms with Crippen molar-refractivity contribution in [2.45, 2.75) is 11.4 Å². The Hall–Kier alpha value is -1.95. The van der Waals surface area contributed by atoms with Gasteiger partial charge in [0, 0.05) is 6.54 Å². The average Bonchev–Trinajstić information content (AvgIpc) is 2.52. The normalized spacial score (nSPS) is 11.7. The summed E-state index contributed by atoms with van der Waals surface area (Å²) in [5, 5.41) is -0.615. The van der Waals surface area contributed by atoms with Crippen LogP contribution in [0.3, 0.4) is 0 Å². The largest absolute Gasteiger partial charge is 0.276 e. The van der Waals surface area contributed by atoms with Gasteiger partial charge in [-0.25, -0.2) is 13.1 Å². The van der Waals surface area contributed by atoms with Crippen molar-refractivity contribution < 1.29 is 13.2 Å². The second-order valence-electron chi connectivity index (χ2n) is 4.52. The summed E-state index contributed by atoms with van der Waals surface area (Å²) in [6, 6.07) is 15.5. The van der Waals surface area contributed by atoms with E-state index in [9.17, 15) is 13.2 Å². The first-order valence-electron chi connectivity index (χ1n) is 6.48. The van der Waals surface area contributed by atoms with Gasteiger partial charge < -0.3 is 0 Å². The van der Waals surface area contributed by atoms with Gasteiger partial charge in [-0.2, -0.15) is 0 Å². The van der Waals surface area contributed by atoms with Gasteiger partial charge in [0.25, 0.3) is 0 Å². The van der Waals surface area contributed by atoms with Crippen LogP contribution in [-0.4, -0.2) is 13.7 Å². The molecule has 0 aliphatic rings. The molecule has 0 bridgehead atoms. The molecular formula is C16H14ClNO3S.